The number of imide groups is 1. The Morgan fingerprint density at radius 1 is 1.04 bits per heavy atom. The Morgan fingerprint density at radius 3 is 2.25 bits per heavy atom. The minimum Gasteiger partial charge on any atom is -0.268 e. The molecule has 6 nitrogen and oxygen atoms in total. The number of hydrogen-bond acceptors (Lipinski definition) is 5. The molecule has 0 atom stereocenters. The molecule has 120 valence electrons. The molecule has 0 spiro atoms. The first-order valence-corrected chi connectivity index (χ1v) is 7.86. The number of hydrogen-bond donors (Lipinski definition) is 0. The van der Waals surface area contributed by atoms with Crippen molar-refractivity contribution in [1.29, 1.82) is 0 Å². The van der Waals surface area contributed by atoms with E-state index in [-0.39, 0.29) is 15.8 Å². The highest BCUT2D eigenvalue weighted by atomic mass is 32.2. The van der Waals surface area contributed by atoms with Crippen molar-refractivity contribution in [2.75, 3.05) is 4.90 Å². The molecule has 1 aliphatic rings. The van der Waals surface area contributed by atoms with Crippen molar-refractivity contribution < 1.29 is 14.5 Å². The van der Waals surface area contributed by atoms with Gasteiger partial charge >= 0.3 is 0 Å². The quantitative estimate of drug-likeness (QED) is 0.476. The van der Waals surface area contributed by atoms with Crippen LogP contribution in [-0.2, 0) is 4.79 Å². The summed E-state index contributed by atoms with van der Waals surface area (Å²) >= 11 is 0.851. The van der Waals surface area contributed by atoms with E-state index in [1.165, 1.54) is 24.3 Å². The minimum atomic E-state index is -0.491. The maximum Gasteiger partial charge on any atom is 0.298 e. The van der Waals surface area contributed by atoms with Gasteiger partial charge in [-0.15, -0.1) is 0 Å². The lowest BCUT2D eigenvalue weighted by atomic mass is 10.2. The molecule has 7 heteroatoms. The number of carbonyl (C=O) groups is 2. The molecule has 0 saturated carbocycles. The zero-order valence-electron chi connectivity index (χ0n) is 12.6. The normalized spacial score (nSPS) is 16.0. The maximum absolute atomic E-state index is 12.5. The van der Waals surface area contributed by atoms with E-state index in [2.05, 4.69) is 0 Å². The molecule has 1 heterocycles. The SMILES string of the molecule is Cc1ccc(N2C(=O)S/C(=C/c3ccc([N+](=O)[O-])cc3)C2=O)cc1. The van der Waals surface area contributed by atoms with Gasteiger partial charge in [-0.2, -0.15) is 0 Å². The van der Waals surface area contributed by atoms with Crippen LogP contribution in [0.5, 0.6) is 0 Å². The first kappa shape index (κ1) is 15.9. The van der Waals surface area contributed by atoms with Gasteiger partial charge in [0.15, 0.2) is 0 Å². The summed E-state index contributed by atoms with van der Waals surface area (Å²) in [5, 5.41) is 10.3. The molecular formula is C17H12N2O4S. The summed E-state index contributed by atoms with van der Waals surface area (Å²) in [5.41, 5.74) is 2.15. The van der Waals surface area contributed by atoms with Crippen LogP contribution in [0.3, 0.4) is 0 Å². The standard InChI is InChI=1S/C17H12N2O4S/c1-11-2-6-13(7-3-11)18-16(20)15(24-17(18)21)10-12-4-8-14(9-5-12)19(22)23/h2-10H,1H3/b15-10+. The van der Waals surface area contributed by atoms with E-state index in [1.54, 1.807) is 18.2 Å². The van der Waals surface area contributed by atoms with Crippen molar-refractivity contribution in [3.63, 3.8) is 0 Å². The Balaban J connectivity index is 1.87. The fourth-order valence-electron chi connectivity index (χ4n) is 2.23. The number of carbonyl (C=O) groups excluding carboxylic acids is 2. The number of thioether (sulfide) groups is 1. The van der Waals surface area contributed by atoms with Crippen LogP contribution in [0, 0.1) is 17.0 Å². The minimum absolute atomic E-state index is 0.0279. The maximum atomic E-state index is 12.5. The van der Waals surface area contributed by atoms with Crippen LogP contribution in [0.15, 0.2) is 53.4 Å². The first-order valence-electron chi connectivity index (χ1n) is 7.05. The highest BCUT2D eigenvalue weighted by Crippen LogP contribution is 2.35. The predicted octanol–water partition coefficient (Wildman–Crippen LogP) is 4.14. The number of nitrogens with zero attached hydrogens (tertiary/aromatic N) is 2. The van der Waals surface area contributed by atoms with Gasteiger partial charge in [-0.05, 0) is 54.6 Å². The fraction of sp³-hybridized carbons (Fsp3) is 0.0588. The van der Waals surface area contributed by atoms with Crippen LogP contribution in [0.1, 0.15) is 11.1 Å². The van der Waals surface area contributed by atoms with Crippen LogP contribution in [0.25, 0.3) is 6.08 Å². The lowest BCUT2D eigenvalue weighted by molar-refractivity contribution is -0.384. The molecule has 24 heavy (non-hydrogen) atoms. The van der Waals surface area contributed by atoms with Crippen molar-refractivity contribution in [3.05, 3.63) is 74.7 Å². The Kier molecular flexibility index (Phi) is 4.18. The third-order valence-electron chi connectivity index (χ3n) is 3.49. The summed E-state index contributed by atoms with van der Waals surface area (Å²) in [5.74, 6) is -0.396. The summed E-state index contributed by atoms with van der Waals surface area (Å²) in [6.45, 7) is 1.92. The smallest absolute Gasteiger partial charge is 0.268 e. The Hall–Kier alpha value is -2.93. The van der Waals surface area contributed by atoms with E-state index in [4.69, 9.17) is 0 Å². The summed E-state index contributed by atoms with van der Waals surface area (Å²) in [6.07, 6.45) is 1.56. The van der Waals surface area contributed by atoms with Gasteiger partial charge in [0.25, 0.3) is 16.8 Å². The summed E-state index contributed by atoms with van der Waals surface area (Å²) in [6, 6.07) is 12.9. The molecule has 0 N–H and O–H groups in total. The molecule has 0 bridgehead atoms. The highest BCUT2D eigenvalue weighted by Gasteiger charge is 2.36. The second-order valence-electron chi connectivity index (χ2n) is 5.20. The second-order valence-corrected chi connectivity index (χ2v) is 6.19. The molecule has 1 saturated heterocycles. The van der Waals surface area contributed by atoms with Crippen molar-refractivity contribution in [2.45, 2.75) is 6.92 Å². The van der Waals surface area contributed by atoms with Crippen molar-refractivity contribution in [3.8, 4) is 0 Å². The molecule has 2 aromatic rings. The van der Waals surface area contributed by atoms with Gasteiger partial charge in [0, 0.05) is 12.1 Å². The van der Waals surface area contributed by atoms with Gasteiger partial charge in [0.2, 0.25) is 0 Å². The average molecular weight is 340 g/mol. The van der Waals surface area contributed by atoms with Crippen LogP contribution in [0.2, 0.25) is 0 Å². The van der Waals surface area contributed by atoms with E-state index in [9.17, 15) is 19.7 Å². The molecule has 3 rings (SSSR count). The highest BCUT2D eigenvalue weighted by molar-refractivity contribution is 8.19. The lowest BCUT2D eigenvalue weighted by Crippen LogP contribution is -2.27. The number of amides is 2. The average Bonchev–Trinajstić information content (AvgIpc) is 2.83. The van der Waals surface area contributed by atoms with E-state index in [0.717, 1.165) is 22.2 Å². The zero-order chi connectivity index (χ0) is 17.3. The Bertz CT molecular complexity index is 857. The molecule has 2 amide bonds. The number of non-ortho nitro benzene ring substituents is 1. The van der Waals surface area contributed by atoms with Gasteiger partial charge in [-0.3, -0.25) is 19.7 Å². The first-order chi connectivity index (χ1) is 11.5. The Labute approximate surface area is 141 Å². The fourth-order valence-corrected chi connectivity index (χ4v) is 3.07. The van der Waals surface area contributed by atoms with Gasteiger partial charge in [-0.25, -0.2) is 4.90 Å². The zero-order valence-corrected chi connectivity index (χ0v) is 13.4. The largest absolute Gasteiger partial charge is 0.298 e. The Morgan fingerprint density at radius 2 is 1.67 bits per heavy atom. The number of rotatable bonds is 3. The van der Waals surface area contributed by atoms with Crippen molar-refractivity contribution in [1.82, 2.24) is 0 Å². The molecule has 0 aromatic heterocycles. The summed E-state index contributed by atoms with van der Waals surface area (Å²) < 4.78 is 0. The third kappa shape index (κ3) is 3.07. The third-order valence-corrected chi connectivity index (χ3v) is 4.36. The van der Waals surface area contributed by atoms with Crippen LogP contribution >= 0.6 is 11.8 Å². The van der Waals surface area contributed by atoms with Crippen LogP contribution < -0.4 is 4.90 Å². The number of nitro benzene ring substituents is 1. The van der Waals surface area contributed by atoms with Crippen LogP contribution in [0.4, 0.5) is 16.2 Å². The molecule has 0 unspecified atom stereocenters. The number of anilines is 1. The van der Waals surface area contributed by atoms with Gasteiger partial charge in [0.05, 0.1) is 15.5 Å². The molecular weight excluding hydrogens is 328 g/mol. The number of nitro groups is 1. The van der Waals surface area contributed by atoms with E-state index in [0.29, 0.717) is 11.3 Å². The number of benzene rings is 2. The van der Waals surface area contributed by atoms with Gasteiger partial charge in [-0.1, -0.05) is 17.7 Å². The van der Waals surface area contributed by atoms with Crippen LogP contribution in [-0.4, -0.2) is 16.1 Å². The number of aryl methyl sites for hydroxylation is 1. The molecule has 2 aromatic carbocycles. The van der Waals surface area contributed by atoms with Crippen molar-refractivity contribution >= 4 is 40.4 Å². The van der Waals surface area contributed by atoms with E-state index >= 15 is 0 Å². The van der Waals surface area contributed by atoms with E-state index in [1.807, 2.05) is 19.1 Å². The van der Waals surface area contributed by atoms with E-state index < -0.39 is 10.8 Å². The summed E-state index contributed by atoms with van der Waals surface area (Å²) in [4.78, 5) is 36.2. The summed E-state index contributed by atoms with van der Waals surface area (Å²) in [7, 11) is 0. The molecule has 1 aliphatic heterocycles. The molecule has 0 radical (unpaired) electrons. The topological polar surface area (TPSA) is 80.5 Å². The second kappa shape index (κ2) is 6.29. The van der Waals surface area contributed by atoms with Gasteiger partial charge in [0.1, 0.15) is 0 Å². The predicted molar refractivity (Wildman–Crippen MR) is 92.7 cm³/mol. The van der Waals surface area contributed by atoms with Gasteiger partial charge < -0.3 is 0 Å². The lowest BCUT2D eigenvalue weighted by Gasteiger charge is -2.12. The monoisotopic (exact) mass is 340 g/mol. The molecule has 0 aliphatic carbocycles. The molecule has 1 fully saturated rings. The van der Waals surface area contributed by atoms with Crippen molar-refractivity contribution in [2.24, 2.45) is 0 Å².